The van der Waals surface area contributed by atoms with Crippen molar-refractivity contribution in [3.8, 4) is 11.1 Å². The summed E-state index contributed by atoms with van der Waals surface area (Å²) in [5.74, 6) is -4.33. The lowest BCUT2D eigenvalue weighted by atomic mass is 9.98. The fraction of sp³-hybridized carbons (Fsp3) is 0.304. The maximum atomic E-state index is 13.8. The van der Waals surface area contributed by atoms with E-state index < -0.39 is 33.4 Å². The van der Waals surface area contributed by atoms with Crippen molar-refractivity contribution in [1.82, 2.24) is 14.7 Å². The lowest BCUT2D eigenvalue weighted by Gasteiger charge is -2.19. The lowest BCUT2D eigenvalue weighted by molar-refractivity contribution is 0.0745. The Hall–Kier alpha value is -3.14. The van der Waals surface area contributed by atoms with Gasteiger partial charge in [0.05, 0.1) is 29.9 Å². The molecule has 6 nitrogen and oxygen atoms in total. The summed E-state index contributed by atoms with van der Waals surface area (Å²) in [4.78, 5) is 15.0. The second-order valence-corrected chi connectivity index (χ2v) is 10.6. The molecule has 3 aromatic rings. The molecule has 5 rings (SSSR count). The van der Waals surface area contributed by atoms with Crippen LogP contribution in [0.4, 0.5) is 13.2 Å². The van der Waals surface area contributed by atoms with Crippen LogP contribution in [0.2, 0.25) is 0 Å². The molecule has 1 amide bonds. The number of hydrogen-bond acceptors (Lipinski definition) is 4. The third-order valence-corrected chi connectivity index (χ3v) is 7.27. The number of rotatable bonds is 5. The van der Waals surface area contributed by atoms with Crippen LogP contribution in [0.3, 0.4) is 0 Å². The summed E-state index contributed by atoms with van der Waals surface area (Å²) in [7, 11) is -3.59. The van der Waals surface area contributed by atoms with E-state index in [4.69, 9.17) is 0 Å². The molecular formula is C23H20F3N3O3S. The quantitative estimate of drug-likeness (QED) is 0.561. The average Bonchev–Trinajstić information content (AvgIpc) is 3.06. The number of sulfone groups is 1. The second kappa shape index (κ2) is 7.44. The first kappa shape index (κ1) is 21.7. The third-order valence-electron chi connectivity index (χ3n) is 6.16. The van der Waals surface area contributed by atoms with Gasteiger partial charge in [0.1, 0.15) is 5.82 Å². The molecule has 0 saturated heterocycles. The smallest absolute Gasteiger partial charge is 0.255 e. The molecule has 10 heteroatoms. The monoisotopic (exact) mass is 475 g/mol. The van der Waals surface area contributed by atoms with Crippen LogP contribution in [0.15, 0.2) is 53.6 Å². The van der Waals surface area contributed by atoms with Crippen LogP contribution < -0.4 is 0 Å². The van der Waals surface area contributed by atoms with Crippen molar-refractivity contribution in [3.05, 3.63) is 71.3 Å². The molecule has 1 aromatic heterocycles. The van der Waals surface area contributed by atoms with Crippen LogP contribution in [-0.2, 0) is 29.5 Å². The molecule has 1 saturated carbocycles. The highest BCUT2D eigenvalue weighted by molar-refractivity contribution is 7.90. The van der Waals surface area contributed by atoms with E-state index in [-0.39, 0.29) is 36.5 Å². The third kappa shape index (κ3) is 4.03. The fourth-order valence-corrected chi connectivity index (χ4v) is 4.84. The minimum absolute atomic E-state index is 0.0233. The molecule has 2 aromatic carbocycles. The van der Waals surface area contributed by atoms with Crippen LogP contribution >= 0.6 is 0 Å². The summed E-state index contributed by atoms with van der Waals surface area (Å²) in [5.41, 5.74) is 2.43. The van der Waals surface area contributed by atoms with E-state index >= 15 is 0 Å². The zero-order valence-corrected chi connectivity index (χ0v) is 18.4. The van der Waals surface area contributed by atoms with Gasteiger partial charge in [-0.15, -0.1) is 0 Å². The Balaban J connectivity index is 1.48. The van der Waals surface area contributed by atoms with E-state index in [1.54, 1.807) is 12.3 Å². The van der Waals surface area contributed by atoms with Gasteiger partial charge in [0.2, 0.25) is 0 Å². The Morgan fingerprint density at radius 3 is 2.61 bits per heavy atom. The first-order chi connectivity index (χ1) is 15.5. The minimum atomic E-state index is -3.59. The topological polar surface area (TPSA) is 72.3 Å². The molecule has 1 unspecified atom stereocenters. The molecule has 0 radical (unpaired) electrons. The standard InChI is InChI=1S/C23H20F3N3O3S/c1-33(31,32)18-5-6-19(14-3-2-4-17(24)7-14)20(8-18)22(30)28-11-15-10-27-29(21(15)13-28)12-16-9-23(16,25)26/h2-8,10,16H,9,11-13H2,1H3. The van der Waals surface area contributed by atoms with Crippen molar-refractivity contribution in [2.75, 3.05) is 6.26 Å². The van der Waals surface area contributed by atoms with Gasteiger partial charge in [0.15, 0.2) is 9.84 Å². The summed E-state index contributed by atoms with van der Waals surface area (Å²) in [6, 6.07) is 9.90. The number of benzene rings is 2. The van der Waals surface area contributed by atoms with E-state index in [1.807, 2.05) is 0 Å². The van der Waals surface area contributed by atoms with Gasteiger partial charge in [-0.2, -0.15) is 5.10 Å². The number of aromatic nitrogens is 2. The van der Waals surface area contributed by atoms with E-state index in [0.29, 0.717) is 16.8 Å². The Morgan fingerprint density at radius 1 is 1.18 bits per heavy atom. The second-order valence-electron chi connectivity index (χ2n) is 8.61. The zero-order chi connectivity index (χ0) is 23.5. The average molecular weight is 475 g/mol. The molecule has 0 spiro atoms. The van der Waals surface area contributed by atoms with Gasteiger partial charge in [-0.3, -0.25) is 9.48 Å². The number of nitrogens with zero attached hydrogens (tertiary/aromatic N) is 3. The highest BCUT2D eigenvalue weighted by Gasteiger charge is 2.57. The molecule has 1 atom stereocenters. The Labute approximate surface area is 188 Å². The van der Waals surface area contributed by atoms with E-state index in [0.717, 1.165) is 11.8 Å². The summed E-state index contributed by atoms with van der Waals surface area (Å²) in [6.45, 7) is 0.474. The van der Waals surface area contributed by atoms with Gasteiger partial charge >= 0.3 is 0 Å². The Kier molecular flexibility index (Phi) is 4.89. The minimum Gasteiger partial charge on any atom is -0.328 e. The summed E-state index contributed by atoms with van der Waals surface area (Å²) >= 11 is 0. The lowest BCUT2D eigenvalue weighted by Crippen LogP contribution is -2.27. The first-order valence-electron chi connectivity index (χ1n) is 10.3. The SMILES string of the molecule is CS(=O)(=O)c1ccc(-c2cccc(F)c2)c(C(=O)N2Cc3cnn(CC4CC4(F)F)c3C2)c1. The number of carbonyl (C=O) groups is 1. The van der Waals surface area contributed by atoms with Gasteiger partial charge in [-0.1, -0.05) is 18.2 Å². The number of hydrogen-bond donors (Lipinski definition) is 0. The number of halogens is 3. The molecule has 1 aliphatic carbocycles. The maximum Gasteiger partial charge on any atom is 0.255 e. The summed E-state index contributed by atoms with van der Waals surface area (Å²) in [5, 5.41) is 4.20. The van der Waals surface area contributed by atoms with Gasteiger partial charge in [-0.05, 0) is 35.4 Å². The van der Waals surface area contributed by atoms with Gasteiger partial charge < -0.3 is 4.90 Å². The summed E-state index contributed by atoms with van der Waals surface area (Å²) < 4.78 is 66.3. The van der Waals surface area contributed by atoms with Crippen LogP contribution in [-0.4, -0.2) is 41.2 Å². The molecule has 172 valence electrons. The van der Waals surface area contributed by atoms with Gasteiger partial charge in [-0.25, -0.2) is 21.6 Å². The molecular weight excluding hydrogens is 455 g/mol. The first-order valence-corrected chi connectivity index (χ1v) is 12.2. The van der Waals surface area contributed by atoms with Crippen LogP contribution in [0.25, 0.3) is 11.1 Å². The molecule has 0 bridgehead atoms. The van der Waals surface area contributed by atoms with E-state index in [1.165, 1.54) is 46.0 Å². The molecule has 2 aliphatic rings. The Bertz CT molecular complexity index is 1380. The highest BCUT2D eigenvalue weighted by Crippen LogP contribution is 2.49. The number of alkyl halides is 2. The van der Waals surface area contributed by atoms with E-state index in [9.17, 15) is 26.4 Å². The van der Waals surface area contributed by atoms with Crippen molar-refractivity contribution in [2.45, 2.75) is 36.9 Å². The van der Waals surface area contributed by atoms with Crippen LogP contribution in [0, 0.1) is 11.7 Å². The molecule has 1 aliphatic heterocycles. The van der Waals surface area contributed by atoms with Crippen molar-refractivity contribution >= 4 is 15.7 Å². The predicted octanol–water partition coefficient (Wildman–Crippen LogP) is 3.90. The largest absolute Gasteiger partial charge is 0.328 e. The van der Waals surface area contributed by atoms with Crippen molar-refractivity contribution in [1.29, 1.82) is 0 Å². The van der Waals surface area contributed by atoms with Crippen molar-refractivity contribution in [2.24, 2.45) is 5.92 Å². The number of fused-ring (bicyclic) bond motifs is 1. The fourth-order valence-electron chi connectivity index (χ4n) is 4.19. The van der Waals surface area contributed by atoms with Gasteiger partial charge in [0, 0.05) is 36.3 Å². The number of carbonyl (C=O) groups excluding carboxylic acids is 1. The molecule has 1 fully saturated rings. The maximum absolute atomic E-state index is 13.8. The molecule has 0 N–H and O–H groups in total. The molecule has 33 heavy (non-hydrogen) atoms. The Morgan fingerprint density at radius 2 is 1.94 bits per heavy atom. The van der Waals surface area contributed by atoms with Crippen molar-refractivity contribution < 1.29 is 26.4 Å². The summed E-state index contributed by atoms with van der Waals surface area (Å²) in [6.07, 6.45) is 2.45. The number of amides is 1. The van der Waals surface area contributed by atoms with Gasteiger partial charge in [0.25, 0.3) is 11.8 Å². The van der Waals surface area contributed by atoms with Crippen LogP contribution in [0.5, 0.6) is 0 Å². The normalized spacial score (nSPS) is 18.9. The molecule has 2 heterocycles. The zero-order valence-electron chi connectivity index (χ0n) is 17.6. The highest BCUT2D eigenvalue weighted by atomic mass is 32.2. The van der Waals surface area contributed by atoms with E-state index in [2.05, 4.69) is 5.10 Å². The predicted molar refractivity (Wildman–Crippen MR) is 114 cm³/mol. The van der Waals surface area contributed by atoms with Crippen LogP contribution in [0.1, 0.15) is 28.0 Å². The van der Waals surface area contributed by atoms with Crippen molar-refractivity contribution in [3.63, 3.8) is 0 Å².